The summed E-state index contributed by atoms with van der Waals surface area (Å²) in [6, 6.07) is 32.6. The van der Waals surface area contributed by atoms with Gasteiger partial charge in [-0.25, -0.2) is 0 Å². The Balaban J connectivity index is 0.726. The Morgan fingerprint density at radius 1 is 0.842 bits per heavy atom. The van der Waals surface area contributed by atoms with Crippen LogP contribution < -0.4 is 15.0 Å². The molecule has 1 spiro atoms. The fourth-order valence-electron chi connectivity index (χ4n) is 9.94. The fourth-order valence-corrected chi connectivity index (χ4v) is 9.94. The van der Waals surface area contributed by atoms with Crippen molar-refractivity contribution in [2.75, 3.05) is 57.3 Å². The first-order valence-corrected chi connectivity index (χ1v) is 20.6. The number of hydrogen-bond donors (Lipinski definition) is 2. The minimum atomic E-state index is -0.587. The van der Waals surface area contributed by atoms with Gasteiger partial charge in [0, 0.05) is 76.1 Å². The van der Waals surface area contributed by atoms with Crippen LogP contribution in [0, 0.1) is 5.41 Å². The average molecular weight is 766 g/mol. The van der Waals surface area contributed by atoms with Crippen LogP contribution in [0.5, 0.6) is 11.5 Å². The number of allylic oxidation sites excluding steroid dienone is 1. The van der Waals surface area contributed by atoms with E-state index in [0.29, 0.717) is 36.6 Å². The van der Waals surface area contributed by atoms with Gasteiger partial charge in [0.2, 0.25) is 11.8 Å². The lowest BCUT2D eigenvalue weighted by atomic mass is 9.60. The van der Waals surface area contributed by atoms with E-state index in [1.54, 1.807) is 17.0 Å². The number of carbonyl (C=O) groups is 3. The van der Waals surface area contributed by atoms with Gasteiger partial charge in [-0.3, -0.25) is 29.5 Å². The number of nitrogens with zero attached hydrogens (tertiary/aromatic N) is 4. The molecule has 5 aliphatic rings. The minimum absolute atomic E-state index is 0.123. The number of rotatable bonds is 11. The second-order valence-corrected chi connectivity index (χ2v) is 16.5. The summed E-state index contributed by atoms with van der Waals surface area (Å²) in [5.41, 5.74) is 9.04. The van der Waals surface area contributed by atoms with E-state index in [2.05, 4.69) is 81.5 Å². The predicted octanol–water partition coefficient (Wildman–Crippen LogP) is 6.19. The molecular weight excluding hydrogens is 715 g/mol. The number of imide groups is 1. The maximum Gasteiger partial charge on any atom is 0.255 e. The highest BCUT2D eigenvalue weighted by molar-refractivity contribution is 6.05. The predicted molar refractivity (Wildman–Crippen MR) is 221 cm³/mol. The maximum absolute atomic E-state index is 13.1. The smallest absolute Gasteiger partial charge is 0.255 e. The Hall–Kier alpha value is -5.45. The molecule has 0 aromatic heterocycles. The summed E-state index contributed by atoms with van der Waals surface area (Å²) in [7, 11) is 0. The van der Waals surface area contributed by atoms with Crippen LogP contribution in [-0.4, -0.2) is 102 Å². The van der Waals surface area contributed by atoms with Crippen molar-refractivity contribution >= 4 is 34.6 Å². The van der Waals surface area contributed by atoms with Crippen molar-refractivity contribution in [3.63, 3.8) is 0 Å². The van der Waals surface area contributed by atoms with Gasteiger partial charge in [0.1, 0.15) is 24.1 Å². The topological polar surface area (TPSA) is 106 Å². The van der Waals surface area contributed by atoms with Crippen molar-refractivity contribution in [1.82, 2.24) is 20.0 Å². The van der Waals surface area contributed by atoms with Gasteiger partial charge in [-0.2, -0.15) is 0 Å². The molecule has 4 aliphatic heterocycles. The van der Waals surface area contributed by atoms with Crippen LogP contribution in [0.25, 0.3) is 11.1 Å². The normalized spacial score (nSPS) is 21.5. The molecule has 4 aromatic carbocycles. The largest absolute Gasteiger partial charge is 0.508 e. The van der Waals surface area contributed by atoms with E-state index in [9.17, 15) is 19.5 Å². The molecule has 4 fully saturated rings. The highest BCUT2D eigenvalue weighted by Gasteiger charge is 2.53. The highest BCUT2D eigenvalue weighted by atomic mass is 16.5. The van der Waals surface area contributed by atoms with Gasteiger partial charge in [0.05, 0.1) is 0 Å². The lowest BCUT2D eigenvalue weighted by molar-refractivity contribution is -0.136. The molecule has 1 aliphatic carbocycles. The summed E-state index contributed by atoms with van der Waals surface area (Å²) < 4.78 is 6.24. The first kappa shape index (κ1) is 37.1. The Morgan fingerprint density at radius 3 is 2.23 bits per heavy atom. The molecule has 2 N–H and O–H groups in total. The minimum Gasteiger partial charge on any atom is -0.508 e. The first-order chi connectivity index (χ1) is 27.8. The van der Waals surface area contributed by atoms with Crippen LogP contribution in [0.1, 0.15) is 71.6 Å². The Labute approximate surface area is 334 Å². The number of phenols is 1. The van der Waals surface area contributed by atoms with Gasteiger partial charge in [0.15, 0.2) is 0 Å². The molecule has 0 radical (unpaired) electrons. The van der Waals surface area contributed by atoms with Gasteiger partial charge < -0.3 is 19.6 Å². The molecule has 3 amide bonds. The van der Waals surface area contributed by atoms with Gasteiger partial charge in [0.25, 0.3) is 5.91 Å². The van der Waals surface area contributed by atoms with Crippen molar-refractivity contribution < 1.29 is 24.2 Å². The quantitative estimate of drug-likeness (QED) is 0.138. The third-order valence-corrected chi connectivity index (χ3v) is 12.9. The van der Waals surface area contributed by atoms with Crippen LogP contribution in [0.3, 0.4) is 0 Å². The molecule has 9 rings (SSSR count). The number of aromatic hydroxyl groups is 1. The standard InChI is InChI=1S/C47H51N5O5/c1-2-40(32-6-4-3-5-7-32)44(33-8-13-38(53)14-9-33)34-10-15-39(16-11-34)57-25-24-49-30-47(31-49)27-37(28-47)51-22-20-50(21-23-51)36-12-17-41-35(26-36)29-52(46(41)56)42-18-19-43(54)48-45(42)55/h3-17,26,37,42,53H,2,18-25,27-31H2,1H3,(H,48,54,55)/b44-40-. The number of hydrogen-bond acceptors (Lipinski definition) is 8. The van der Waals surface area contributed by atoms with Crippen LogP contribution in [0.2, 0.25) is 0 Å². The SMILES string of the molecule is CC/C(=C(\c1ccc(O)cc1)c1ccc(OCCN2CC3(CC(N4CCN(c5ccc6c(c5)CN(C5CCC(=O)NC5=O)C6=O)CC4)C3)C2)cc1)c1ccccc1. The van der Waals surface area contributed by atoms with Gasteiger partial charge >= 0.3 is 0 Å². The van der Waals surface area contributed by atoms with Crippen molar-refractivity contribution in [2.24, 2.45) is 5.41 Å². The molecular formula is C47H51N5O5. The van der Waals surface area contributed by atoms with Crippen molar-refractivity contribution in [1.29, 1.82) is 0 Å². The fraction of sp³-hybridized carbons (Fsp3) is 0.383. The van der Waals surface area contributed by atoms with Crippen molar-refractivity contribution in [3.05, 3.63) is 125 Å². The van der Waals surface area contributed by atoms with Gasteiger partial charge in [-0.1, -0.05) is 61.5 Å². The number of fused-ring (bicyclic) bond motifs is 1. The summed E-state index contributed by atoms with van der Waals surface area (Å²) in [5, 5.41) is 12.3. The molecule has 57 heavy (non-hydrogen) atoms. The number of phenolic OH excluding ortho intramolecular Hbond substituents is 1. The number of amides is 3. The summed E-state index contributed by atoms with van der Waals surface area (Å²) in [5.74, 6) is 0.375. The van der Waals surface area contributed by atoms with Gasteiger partial charge in [-0.05, 0) is 107 Å². The number of piperazine rings is 1. The molecule has 10 nitrogen and oxygen atoms in total. The van der Waals surface area contributed by atoms with E-state index in [1.165, 1.54) is 29.6 Å². The number of likely N-dealkylation sites (tertiary alicyclic amines) is 1. The Morgan fingerprint density at radius 2 is 1.54 bits per heavy atom. The highest BCUT2D eigenvalue weighted by Crippen LogP contribution is 2.50. The Bertz CT molecular complexity index is 2160. The molecule has 4 heterocycles. The number of ether oxygens (including phenoxy) is 1. The number of benzene rings is 4. The van der Waals surface area contributed by atoms with Crippen molar-refractivity contribution in [3.8, 4) is 11.5 Å². The van der Waals surface area contributed by atoms with E-state index in [4.69, 9.17) is 4.74 Å². The van der Waals surface area contributed by atoms with E-state index < -0.39 is 6.04 Å². The van der Waals surface area contributed by atoms with Crippen molar-refractivity contribution in [2.45, 2.75) is 57.7 Å². The third-order valence-electron chi connectivity index (χ3n) is 12.9. The maximum atomic E-state index is 13.1. The molecule has 0 bridgehead atoms. The summed E-state index contributed by atoms with van der Waals surface area (Å²) in [6.45, 7) is 10.5. The molecule has 1 atom stereocenters. The van der Waals surface area contributed by atoms with Crippen LogP contribution in [-0.2, 0) is 16.1 Å². The van der Waals surface area contributed by atoms with E-state index in [1.807, 2.05) is 30.3 Å². The number of carbonyl (C=O) groups excluding carboxylic acids is 3. The second-order valence-electron chi connectivity index (χ2n) is 16.5. The zero-order valence-electron chi connectivity index (χ0n) is 32.7. The molecule has 1 unspecified atom stereocenters. The van der Waals surface area contributed by atoms with E-state index in [0.717, 1.165) is 80.4 Å². The first-order valence-electron chi connectivity index (χ1n) is 20.6. The average Bonchev–Trinajstić information content (AvgIpc) is 3.53. The monoisotopic (exact) mass is 765 g/mol. The lowest BCUT2D eigenvalue weighted by Crippen LogP contribution is -2.68. The molecule has 1 saturated carbocycles. The zero-order valence-corrected chi connectivity index (χ0v) is 32.7. The van der Waals surface area contributed by atoms with Gasteiger partial charge in [-0.15, -0.1) is 0 Å². The zero-order chi connectivity index (χ0) is 39.1. The number of piperidine rings is 1. The van der Waals surface area contributed by atoms with Crippen LogP contribution in [0.4, 0.5) is 5.69 Å². The molecule has 10 heteroatoms. The second kappa shape index (κ2) is 15.5. The number of anilines is 1. The van der Waals surface area contributed by atoms with Crippen LogP contribution >= 0.6 is 0 Å². The summed E-state index contributed by atoms with van der Waals surface area (Å²) >= 11 is 0. The molecule has 294 valence electrons. The van der Waals surface area contributed by atoms with E-state index in [-0.39, 0.29) is 29.9 Å². The number of nitrogens with one attached hydrogen (secondary N) is 1. The Kier molecular flexibility index (Phi) is 10.1. The third kappa shape index (κ3) is 7.44. The summed E-state index contributed by atoms with van der Waals surface area (Å²) in [4.78, 5) is 46.5. The van der Waals surface area contributed by atoms with E-state index >= 15 is 0 Å². The molecule has 4 aromatic rings. The lowest BCUT2D eigenvalue weighted by Gasteiger charge is -2.62. The molecule has 3 saturated heterocycles. The summed E-state index contributed by atoms with van der Waals surface area (Å²) in [6.07, 6.45) is 4.05. The van der Waals surface area contributed by atoms with Crippen LogP contribution in [0.15, 0.2) is 97.1 Å².